The second-order valence-electron chi connectivity index (χ2n) is 4.87. The van der Waals surface area contributed by atoms with Crippen molar-refractivity contribution in [2.45, 2.75) is 26.3 Å². The molecule has 0 radical (unpaired) electrons. The van der Waals surface area contributed by atoms with Crippen LogP contribution in [0.4, 0.5) is 0 Å². The molecular weight excluding hydrogens is 222 g/mol. The SMILES string of the molecule is Cc1ccccc1C(C)(C)N.Oc1ccccc1. The van der Waals surface area contributed by atoms with Gasteiger partial charge in [0.25, 0.3) is 0 Å². The van der Waals surface area contributed by atoms with E-state index in [2.05, 4.69) is 19.1 Å². The number of hydrogen-bond acceptors (Lipinski definition) is 2. The van der Waals surface area contributed by atoms with E-state index in [4.69, 9.17) is 10.8 Å². The summed E-state index contributed by atoms with van der Waals surface area (Å²) in [6, 6.07) is 16.9. The van der Waals surface area contributed by atoms with Crippen molar-refractivity contribution in [2.24, 2.45) is 5.73 Å². The Hall–Kier alpha value is -1.80. The first-order valence-electron chi connectivity index (χ1n) is 6.00. The Morgan fingerprint density at radius 2 is 1.39 bits per heavy atom. The van der Waals surface area contributed by atoms with Gasteiger partial charge >= 0.3 is 0 Å². The molecule has 3 N–H and O–H groups in total. The predicted octanol–water partition coefficient (Wildman–Crippen LogP) is 3.58. The third kappa shape index (κ3) is 4.60. The molecule has 0 saturated carbocycles. The van der Waals surface area contributed by atoms with Crippen molar-refractivity contribution < 1.29 is 5.11 Å². The topological polar surface area (TPSA) is 46.2 Å². The van der Waals surface area contributed by atoms with Crippen LogP contribution in [0.25, 0.3) is 0 Å². The third-order valence-electron chi connectivity index (χ3n) is 2.60. The van der Waals surface area contributed by atoms with Gasteiger partial charge in [-0.05, 0) is 44.0 Å². The van der Waals surface area contributed by atoms with Crippen LogP contribution in [0.1, 0.15) is 25.0 Å². The van der Waals surface area contributed by atoms with Crippen LogP contribution in [0, 0.1) is 6.92 Å². The Morgan fingerprint density at radius 1 is 0.889 bits per heavy atom. The fourth-order valence-corrected chi connectivity index (χ4v) is 1.72. The molecule has 0 aliphatic rings. The highest BCUT2D eigenvalue weighted by Gasteiger charge is 2.14. The summed E-state index contributed by atoms with van der Waals surface area (Å²) in [7, 11) is 0. The fraction of sp³-hybridized carbons (Fsp3) is 0.250. The molecular formula is C16H21NO. The van der Waals surface area contributed by atoms with E-state index in [-0.39, 0.29) is 5.54 Å². The van der Waals surface area contributed by atoms with Crippen LogP contribution in [0.15, 0.2) is 54.6 Å². The van der Waals surface area contributed by atoms with Gasteiger partial charge in [-0.2, -0.15) is 0 Å². The van der Waals surface area contributed by atoms with Crippen LogP contribution in [0.5, 0.6) is 5.75 Å². The first-order valence-corrected chi connectivity index (χ1v) is 6.00. The van der Waals surface area contributed by atoms with E-state index < -0.39 is 0 Å². The average Bonchev–Trinajstić information content (AvgIpc) is 2.30. The van der Waals surface area contributed by atoms with E-state index in [1.807, 2.05) is 32.0 Å². The van der Waals surface area contributed by atoms with E-state index in [9.17, 15) is 0 Å². The molecule has 2 aromatic rings. The summed E-state index contributed by atoms with van der Waals surface area (Å²) >= 11 is 0. The molecule has 0 saturated heterocycles. The van der Waals surface area contributed by atoms with Gasteiger partial charge in [0, 0.05) is 5.54 Å². The molecule has 0 aromatic heterocycles. The first kappa shape index (κ1) is 14.3. The minimum Gasteiger partial charge on any atom is -0.508 e. The molecule has 0 heterocycles. The van der Waals surface area contributed by atoms with Gasteiger partial charge in [0.2, 0.25) is 0 Å². The van der Waals surface area contributed by atoms with Crippen LogP contribution < -0.4 is 5.73 Å². The Balaban J connectivity index is 0.000000199. The van der Waals surface area contributed by atoms with Gasteiger partial charge in [0.05, 0.1) is 0 Å². The summed E-state index contributed by atoms with van der Waals surface area (Å²) in [5.74, 6) is 0.322. The molecule has 18 heavy (non-hydrogen) atoms. The molecule has 2 rings (SSSR count). The predicted molar refractivity (Wildman–Crippen MR) is 76.5 cm³/mol. The Bertz CT molecular complexity index is 472. The molecule has 0 aliphatic heterocycles. The van der Waals surface area contributed by atoms with Crippen molar-refractivity contribution in [1.82, 2.24) is 0 Å². The van der Waals surface area contributed by atoms with Crippen molar-refractivity contribution in [3.63, 3.8) is 0 Å². The molecule has 0 bridgehead atoms. The van der Waals surface area contributed by atoms with Crippen LogP contribution >= 0.6 is 0 Å². The summed E-state index contributed by atoms with van der Waals surface area (Å²) in [5.41, 5.74) is 8.23. The van der Waals surface area contributed by atoms with Crippen molar-refractivity contribution in [1.29, 1.82) is 0 Å². The normalized spacial score (nSPS) is 10.4. The molecule has 2 heteroatoms. The molecule has 2 nitrogen and oxygen atoms in total. The van der Waals surface area contributed by atoms with Crippen molar-refractivity contribution in [2.75, 3.05) is 0 Å². The average molecular weight is 243 g/mol. The molecule has 2 aromatic carbocycles. The largest absolute Gasteiger partial charge is 0.508 e. The van der Waals surface area contributed by atoms with Crippen molar-refractivity contribution in [3.05, 3.63) is 65.7 Å². The molecule has 0 amide bonds. The molecule has 0 atom stereocenters. The maximum absolute atomic E-state index is 8.63. The monoisotopic (exact) mass is 243 g/mol. The highest BCUT2D eigenvalue weighted by molar-refractivity contribution is 5.30. The minimum atomic E-state index is -0.217. The van der Waals surface area contributed by atoms with Crippen LogP contribution in [-0.4, -0.2) is 5.11 Å². The van der Waals surface area contributed by atoms with E-state index in [0.29, 0.717) is 5.75 Å². The van der Waals surface area contributed by atoms with Gasteiger partial charge in [0.15, 0.2) is 0 Å². The van der Waals surface area contributed by atoms with Crippen LogP contribution in [-0.2, 0) is 5.54 Å². The van der Waals surface area contributed by atoms with Gasteiger partial charge in [0.1, 0.15) is 5.75 Å². The van der Waals surface area contributed by atoms with Crippen molar-refractivity contribution in [3.8, 4) is 5.75 Å². The molecule has 0 unspecified atom stereocenters. The number of rotatable bonds is 1. The summed E-state index contributed by atoms with van der Waals surface area (Å²) in [6.07, 6.45) is 0. The molecule has 0 spiro atoms. The number of phenolic OH excluding ortho intramolecular Hbond substituents is 1. The lowest BCUT2D eigenvalue weighted by molar-refractivity contribution is 0.475. The van der Waals surface area contributed by atoms with Gasteiger partial charge in [-0.1, -0.05) is 42.5 Å². The zero-order chi connectivity index (χ0) is 13.6. The lowest BCUT2D eigenvalue weighted by Gasteiger charge is -2.21. The van der Waals surface area contributed by atoms with Crippen LogP contribution in [0.2, 0.25) is 0 Å². The maximum atomic E-state index is 8.63. The maximum Gasteiger partial charge on any atom is 0.115 e. The van der Waals surface area contributed by atoms with Crippen molar-refractivity contribution >= 4 is 0 Å². The lowest BCUT2D eigenvalue weighted by Crippen LogP contribution is -2.29. The fourth-order valence-electron chi connectivity index (χ4n) is 1.72. The smallest absolute Gasteiger partial charge is 0.115 e. The minimum absolute atomic E-state index is 0.217. The van der Waals surface area contributed by atoms with Gasteiger partial charge in [-0.25, -0.2) is 0 Å². The Morgan fingerprint density at radius 3 is 1.72 bits per heavy atom. The summed E-state index contributed by atoms with van der Waals surface area (Å²) in [6.45, 7) is 6.13. The Kier molecular flexibility index (Phi) is 4.93. The van der Waals surface area contributed by atoms with Gasteiger partial charge in [-0.3, -0.25) is 0 Å². The third-order valence-corrected chi connectivity index (χ3v) is 2.60. The number of hydrogen-bond donors (Lipinski definition) is 2. The van der Waals surface area contributed by atoms with E-state index in [1.54, 1.807) is 24.3 Å². The Labute approximate surface area is 109 Å². The number of para-hydroxylation sites is 1. The summed E-state index contributed by atoms with van der Waals surface area (Å²) in [5, 5.41) is 8.63. The zero-order valence-corrected chi connectivity index (χ0v) is 11.2. The quantitative estimate of drug-likeness (QED) is 0.804. The number of nitrogens with two attached hydrogens (primary N) is 1. The number of phenols is 1. The zero-order valence-electron chi connectivity index (χ0n) is 11.2. The van der Waals surface area contributed by atoms with Crippen LogP contribution in [0.3, 0.4) is 0 Å². The summed E-state index contributed by atoms with van der Waals surface area (Å²) < 4.78 is 0. The van der Waals surface area contributed by atoms with Gasteiger partial charge < -0.3 is 10.8 Å². The number of benzene rings is 2. The summed E-state index contributed by atoms with van der Waals surface area (Å²) in [4.78, 5) is 0. The van der Waals surface area contributed by atoms with E-state index >= 15 is 0 Å². The lowest BCUT2D eigenvalue weighted by atomic mass is 9.92. The van der Waals surface area contributed by atoms with Gasteiger partial charge in [-0.15, -0.1) is 0 Å². The highest BCUT2D eigenvalue weighted by Crippen LogP contribution is 2.19. The second-order valence-corrected chi connectivity index (χ2v) is 4.87. The highest BCUT2D eigenvalue weighted by atomic mass is 16.3. The standard InChI is InChI=1S/C10H15N.C6H6O/c1-8-6-4-5-7-9(8)10(2,3)11;7-6-4-2-1-3-5-6/h4-7H,11H2,1-3H3;1-5,7H. The molecule has 96 valence electrons. The van der Waals surface area contributed by atoms with E-state index in [0.717, 1.165) is 0 Å². The number of aromatic hydroxyl groups is 1. The number of aryl methyl sites for hydroxylation is 1. The first-order chi connectivity index (χ1) is 8.41. The molecule has 0 fully saturated rings. The van der Waals surface area contributed by atoms with E-state index in [1.165, 1.54) is 11.1 Å². The second kappa shape index (κ2) is 6.22. The molecule has 0 aliphatic carbocycles.